The molecule has 0 unspecified atom stereocenters. The van der Waals surface area contributed by atoms with Gasteiger partial charge in [0.15, 0.2) is 0 Å². The molecule has 0 spiro atoms. The first-order chi connectivity index (χ1) is 6.81. The molecule has 0 aromatic carbocycles. The molecule has 0 saturated carbocycles. The fourth-order valence-corrected chi connectivity index (χ4v) is 1.38. The smallest absolute Gasteiger partial charge is 0.310 e. The van der Waals surface area contributed by atoms with E-state index in [2.05, 4.69) is 18.2 Å². The van der Waals surface area contributed by atoms with E-state index in [1.54, 1.807) is 0 Å². The van der Waals surface area contributed by atoms with Crippen LogP contribution in [0.2, 0.25) is 0 Å². The Balaban J connectivity index is 0. The van der Waals surface area contributed by atoms with Crippen molar-refractivity contribution < 1.29 is 9.53 Å². The monoisotopic (exact) mass is 214 g/mol. The average molecular weight is 214 g/mol. The average Bonchev–Trinajstić information content (AvgIpc) is 2.17. The Hall–Kier alpha value is -0.790. The molecule has 0 rings (SSSR count). The molecule has 0 aliphatic heterocycles. The highest BCUT2D eigenvalue weighted by Crippen LogP contribution is 2.08. The van der Waals surface area contributed by atoms with Crippen LogP contribution in [-0.4, -0.2) is 5.97 Å². The fraction of sp³-hybridized carbons (Fsp3) is 0.769. The maximum Gasteiger partial charge on any atom is 0.310 e. The van der Waals surface area contributed by atoms with E-state index in [0.717, 1.165) is 12.8 Å². The maximum atomic E-state index is 10.9. The van der Waals surface area contributed by atoms with Gasteiger partial charge in [-0.15, -0.1) is 0 Å². The zero-order chi connectivity index (χ0) is 10.6. The minimum atomic E-state index is -0.159. The highest BCUT2D eigenvalue weighted by Gasteiger charge is 1.99. The Morgan fingerprint density at radius 2 is 1.67 bits per heavy atom. The third kappa shape index (κ3) is 13.2. The van der Waals surface area contributed by atoms with E-state index in [0.29, 0.717) is 6.42 Å². The second kappa shape index (κ2) is 13.2. The van der Waals surface area contributed by atoms with Crippen molar-refractivity contribution in [3.8, 4) is 0 Å². The lowest BCUT2D eigenvalue weighted by molar-refractivity contribution is -0.138. The van der Waals surface area contributed by atoms with Gasteiger partial charge in [-0.3, -0.25) is 4.79 Å². The maximum absolute atomic E-state index is 10.9. The molecule has 0 fully saturated rings. The number of hydrogen-bond acceptors (Lipinski definition) is 2. The quantitative estimate of drug-likeness (QED) is 0.322. The van der Waals surface area contributed by atoms with E-state index in [1.807, 2.05) is 0 Å². The molecule has 2 nitrogen and oxygen atoms in total. The molecule has 0 bridgehead atoms. The van der Waals surface area contributed by atoms with Crippen LogP contribution in [0, 0.1) is 0 Å². The topological polar surface area (TPSA) is 26.3 Å². The van der Waals surface area contributed by atoms with Crippen molar-refractivity contribution in [1.82, 2.24) is 0 Å². The Bertz CT molecular complexity index is 153. The normalized spacial score (nSPS) is 9.13. The van der Waals surface area contributed by atoms with E-state index < -0.39 is 0 Å². The predicted octanol–water partition coefficient (Wildman–Crippen LogP) is 4.45. The number of rotatable bonds is 9. The summed E-state index contributed by atoms with van der Waals surface area (Å²) in [6, 6.07) is 0. The summed E-state index contributed by atoms with van der Waals surface area (Å²) in [4.78, 5) is 10.9. The Morgan fingerprint density at radius 1 is 1.13 bits per heavy atom. The van der Waals surface area contributed by atoms with Crippen LogP contribution < -0.4 is 0 Å². The van der Waals surface area contributed by atoms with E-state index in [9.17, 15) is 4.79 Å². The number of carbonyl (C=O) groups is 1. The summed E-state index contributed by atoms with van der Waals surface area (Å²) >= 11 is 0. The molecule has 0 aromatic heterocycles. The van der Waals surface area contributed by atoms with E-state index in [-0.39, 0.29) is 13.4 Å². The Morgan fingerprint density at radius 3 is 2.20 bits per heavy atom. The Kier molecular flexibility index (Phi) is 14.6. The SMILES string of the molecule is C.C=COC(=O)CCCCCCCCC. The van der Waals surface area contributed by atoms with Crippen molar-refractivity contribution in [3.05, 3.63) is 12.8 Å². The standard InChI is InChI=1S/C12H22O2.CH4/c1-3-5-6-7-8-9-10-11-12(13)14-4-2;/h4H,2-3,5-11H2,1H3;1H4. The van der Waals surface area contributed by atoms with Crippen LogP contribution in [0.15, 0.2) is 12.8 Å². The van der Waals surface area contributed by atoms with E-state index in [4.69, 9.17) is 0 Å². The van der Waals surface area contributed by atoms with Crippen molar-refractivity contribution in [2.75, 3.05) is 0 Å². The summed E-state index contributed by atoms with van der Waals surface area (Å²) in [7, 11) is 0. The summed E-state index contributed by atoms with van der Waals surface area (Å²) < 4.78 is 4.61. The number of ether oxygens (including phenoxy) is 1. The lowest BCUT2D eigenvalue weighted by atomic mass is 10.1. The molecule has 2 heteroatoms. The first-order valence-electron chi connectivity index (χ1n) is 5.61. The molecule has 0 aliphatic carbocycles. The molecular weight excluding hydrogens is 188 g/mol. The van der Waals surface area contributed by atoms with Crippen LogP contribution in [0.5, 0.6) is 0 Å². The summed E-state index contributed by atoms with van der Waals surface area (Å²) in [5, 5.41) is 0. The second-order valence-electron chi connectivity index (χ2n) is 3.53. The third-order valence-electron chi connectivity index (χ3n) is 2.20. The van der Waals surface area contributed by atoms with Crippen LogP contribution in [0.3, 0.4) is 0 Å². The number of carbonyl (C=O) groups excluding carboxylic acids is 1. The van der Waals surface area contributed by atoms with Gasteiger partial charge >= 0.3 is 5.97 Å². The molecule has 0 heterocycles. The summed E-state index contributed by atoms with van der Waals surface area (Å²) in [6.07, 6.45) is 10.3. The number of esters is 1. The largest absolute Gasteiger partial charge is 0.435 e. The summed E-state index contributed by atoms with van der Waals surface area (Å²) in [6.45, 7) is 5.55. The van der Waals surface area contributed by atoms with Crippen molar-refractivity contribution in [2.24, 2.45) is 0 Å². The van der Waals surface area contributed by atoms with Gasteiger partial charge in [-0.1, -0.05) is 59.5 Å². The zero-order valence-electron chi connectivity index (χ0n) is 9.26. The van der Waals surface area contributed by atoms with Gasteiger partial charge in [0.2, 0.25) is 0 Å². The Labute approximate surface area is 94.7 Å². The molecule has 90 valence electrons. The van der Waals surface area contributed by atoms with Gasteiger partial charge in [-0.05, 0) is 6.42 Å². The minimum absolute atomic E-state index is 0. The van der Waals surface area contributed by atoms with Crippen LogP contribution in [0.1, 0.15) is 65.7 Å². The van der Waals surface area contributed by atoms with Crippen molar-refractivity contribution in [3.63, 3.8) is 0 Å². The van der Waals surface area contributed by atoms with Gasteiger partial charge in [0.25, 0.3) is 0 Å². The molecule has 0 radical (unpaired) electrons. The zero-order valence-corrected chi connectivity index (χ0v) is 9.26. The van der Waals surface area contributed by atoms with Gasteiger partial charge in [-0.25, -0.2) is 0 Å². The molecule has 0 saturated heterocycles. The second-order valence-corrected chi connectivity index (χ2v) is 3.53. The molecule has 0 aromatic rings. The van der Waals surface area contributed by atoms with Gasteiger partial charge in [0.1, 0.15) is 0 Å². The van der Waals surface area contributed by atoms with Crippen molar-refractivity contribution >= 4 is 5.97 Å². The van der Waals surface area contributed by atoms with Crippen molar-refractivity contribution in [1.29, 1.82) is 0 Å². The minimum Gasteiger partial charge on any atom is -0.435 e. The first-order valence-corrected chi connectivity index (χ1v) is 5.61. The highest BCUT2D eigenvalue weighted by atomic mass is 16.5. The third-order valence-corrected chi connectivity index (χ3v) is 2.20. The summed E-state index contributed by atoms with van der Waals surface area (Å²) in [5.74, 6) is -0.159. The van der Waals surface area contributed by atoms with E-state index in [1.165, 1.54) is 38.4 Å². The molecule has 0 aliphatic rings. The van der Waals surface area contributed by atoms with E-state index >= 15 is 0 Å². The lowest BCUT2D eigenvalue weighted by Gasteiger charge is -2.00. The molecule has 15 heavy (non-hydrogen) atoms. The lowest BCUT2D eigenvalue weighted by Crippen LogP contribution is -1.98. The molecule has 0 N–H and O–H groups in total. The molecular formula is C13H26O2. The van der Waals surface area contributed by atoms with Gasteiger partial charge in [0, 0.05) is 6.42 Å². The molecule has 0 amide bonds. The van der Waals surface area contributed by atoms with Crippen molar-refractivity contribution in [2.45, 2.75) is 65.7 Å². The molecule has 0 atom stereocenters. The number of unbranched alkanes of at least 4 members (excludes halogenated alkanes) is 6. The van der Waals surface area contributed by atoms with Gasteiger partial charge in [-0.2, -0.15) is 0 Å². The van der Waals surface area contributed by atoms with Crippen LogP contribution in [0.4, 0.5) is 0 Å². The first kappa shape index (κ1) is 16.6. The predicted molar refractivity (Wildman–Crippen MR) is 65.6 cm³/mol. The van der Waals surface area contributed by atoms with Gasteiger partial charge < -0.3 is 4.74 Å². The van der Waals surface area contributed by atoms with Gasteiger partial charge in [0.05, 0.1) is 6.26 Å². The number of hydrogen-bond donors (Lipinski definition) is 0. The highest BCUT2D eigenvalue weighted by molar-refractivity contribution is 5.69. The fourth-order valence-electron chi connectivity index (χ4n) is 1.38. The van der Waals surface area contributed by atoms with Crippen LogP contribution in [-0.2, 0) is 9.53 Å². The van der Waals surface area contributed by atoms with Crippen LogP contribution in [0.25, 0.3) is 0 Å². The van der Waals surface area contributed by atoms with Crippen LogP contribution >= 0.6 is 0 Å². The summed E-state index contributed by atoms with van der Waals surface area (Å²) in [5.41, 5.74) is 0.